The Kier molecular flexibility index (Phi) is 2.53. The Morgan fingerprint density at radius 2 is 1.45 bits per heavy atom. The summed E-state index contributed by atoms with van der Waals surface area (Å²) in [6.07, 6.45) is 2.21. The molecule has 2 nitrogen and oxygen atoms in total. The summed E-state index contributed by atoms with van der Waals surface area (Å²) < 4.78 is 6.14. The molecule has 102 valence electrons. The molecule has 0 radical (unpaired) electrons. The van der Waals surface area contributed by atoms with Gasteiger partial charge in [0.2, 0.25) is 0 Å². The van der Waals surface area contributed by atoms with Gasteiger partial charge in [-0.3, -0.25) is 4.90 Å². The minimum absolute atomic E-state index is 0.422. The normalized spacial score (nSPS) is 27.8. The van der Waals surface area contributed by atoms with E-state index in [2.05, 4.69) is 60.5 Å². The summed E-state index contributed by atoms with van der Waals surface area (Å²) >= 11 is 0. The van der Waals surface area contributed by atoms with Crippen molar-refractivity contribution < 1.29 is 4.74 Å². The van der Waals surface area contributed by atoms with Crippen molar-refractivity contribution in [3.63, 3.8) is 0 Å². The van der Waals surface area contributed by atoms with E-state index in [1.807, 2.05) is 7.11 Å². The third-order valence-corrected chi connectivity index (χ3v) is 5.02. The summed E-state index contributed by atoms with van der Waals surface area (Å²) in [5, 5.41) is 0. The van der Waals surface area contributed by atoms with Crippen molar-refractivity contribution >= 4 is 0 Å². The highest BCUT2D eigenvalue weighted by atomic mass is 16.5. The van der Waals surface area contributed by atoms with Crippen LogP contribution < -0.4 is 0 Å². The van der Waals surface area contributed by atoms with Crippen LogP contribution in [0.4, 0.5) is 0 Å². The van der Waals surface area contributed by atoms with Gasteiger partial charge in [0.1, 0.15) is 0 Å². The number of fused-ring (bicyclic) bond motifs is 6. The van der Waals surface area contributed by atoms with Gasteiger partial charge < -0.3 is 4.74 Å². The number of methoxy groups -OCH3 is 1. The van der Waals surface area contributed by atoms with E-state index in [9.17, 15) is 0 Å². The van der Waals surface area contributed by atoms with E-state index in [1.54, 1.807) is 0 Å². The molecule has 0 N–H and O–H groups in total. The quantitative estimate of drug-likeness (QED) is 0.786. The number of hydrogen-bond acceptors (Lipinski definition) is 2. The Morgan fingerprint density at radius 1 is 0.950 bits per heavy atom. The number of nitrogens with zero attached hydrogens (tertiary/aromatic N) is 1. The first kappa shape index (κ1) is 12.1. The van der Waals surface area contributed by atoms with E-state index in [-0.39, 0.29) is 0 Å². The van der Waals surface area contributed by atoms with Crippen molar-refractivity contribution in [2.24, 2.45) is 0 Å². The van der Waals surface area contributed by atoms with Gasteiger partial charge in [0, 0.05) is 24.3 Å². The van der Waals surface area contributed by atoms with Crippen LogP contribution in [0.5, 0.6) is 0 Å². The second-order valence-electron chi connectivity index (χ2n) is 5.84. The average molecular weight is 265 g/mol. The van der Waals surface area contributed by atoms with Gasteiger partial charge in [-0.25, -0.2) is 0 Å². The molecule has 2 heteroatoms. The predicted molar refractivity (Wildman–Crippen MR) is 79.6 cm³/mol. The van der Waals surface area contributed by atoms with Gasteiger partial charge in [-0.15, -0.1) is 0 Å². The number of hydrogen-bond donors (Lipinski definition) is 0. The summed E-state index contributed by atoms with van der Waals surface area (Å²) in [5.41, 5.74) is 5.02. The van der Waals surface area contributed by atoms with Crippen LogP contribution in [0.1, 0.15) is 22.3 Å². The smallest absolute Gasteiger partial charge is 0.174 e. The highest BCUT2D eigenvalue weighted by Gasteiger charge is 2.50. The maximum atomic E-state index is 6.14. The molecule has 0 fully saturated rings. The Labute approximate surface area is 120 Å². The predicted octanol–water partition coefficient (Wildman–Crippen LogP) is 2.95. The highest BCUT2D eigenvalue weighted by molar-refractivity contribution is 5.49. The van der Waals surface area contributed by atoms with Gasteiger partial charge >= 0.3 is 0 Å². The van der Waals surface area contributed by atoms with Crippen LogP contribution in [-0.4, -0.2) is 25.1 Å². The molecule has 2 bridgehead atoms. The third-order valence-electron chi connectivity index (χ3n) is 5.02. The summed E-state index contributed by atoms with van der Waals surface area (Å²) in [4.78, 5) is 2.41. The lowest BCUT2D eigenvalue weighted by atomic mass is 9.74. The van der Waals surface area contributed by atoms with Gasteiger partial charge in [-0.1, -0.05) is 48.5 Å². The van der Waals surface area contributed by atoms with Crippen molar-refractivity contribution in [1.82, 2.24) is 4.90 Å². The monoisotopic (exact) mass is 265 g/mol. The zero-order valence-corrected chi connectivity index (χ0v) is 12.0. The average Bonchev–Trinajstić information content (AvgIpc) is 2.48. The highest BCUT2D eigenvalue weighted by Crippen LogP contribution is 2.48. The van der Waals surface area contributed by atoms with E-state index in [1.165, 1.54) is 22.3 Å². The molecule has 2 aliphatic rings. The van der Waals surface area contributed by atoms with Gasteiger partial charge in [-0.05, 0) is 31.0 Å². The van der Waals surface area contributed by atoms with Gasteiger partial charge in [0.05, 0.1) is 0 Å². The molecular weight excluding hydrogens is 246 g/mol. The fourth-order valence-electron chi connectivity index (χ4n) is 4.06. The maximum absolute atomic E-state index is 6.14. The molecule has 4 rings (SSSR count). The molecule has 0 saturated carbocycles. The standard InChI is InChI=1S/C18H19NO/c1-19-15-11-13-7-3-5-9-16(13)18(19,20-2)17-10-6-4-8-14(17)12-15/h3-10,15H,11-12H2,1-2H3. The number of benzene rings is 2. The zero-order valence-electron chi connectivity index (χ0n) is 12.0. The van der Waals surface area contributed by atoms with Gasteiger partial charge in [0.15, 0.2) is 5.72 Å². The molecule has 0 aliphatic carbocycles. The van der Waals surface area contributed by atoms with Gasteiger partial charge in [-0.2, -0.15) is 0 Å². The first-order valence-corrected chi connectivity index (χ1v) is 7.22. The molecule has 2 aliphatic heterocycles. The lowest BCUT2D eigenvalue weighted by Gasteiger charge is -2.53. The van der Waals surface area contributed by atoms with Crippen molar-refractivity contribution in [2.75, 3.05) is 14.2 Å². The molecule has 0 spiro atoms. The minimum Gasteiger partial charge on any atom is -0.355 e. The summed E-state index contributed by atoms with van der Waals surface area (Å²) in [6, 6.07) is 17.9. The van der Waals surface area contributed by atoms with Crippen LogP contribution in [0.25, 0.3) is 0 Å². The maximum Gasteiger partial charge on any atom is 0.174 e. The fraction of sp³-hybridized carbons (Fsp3) is 0.333. The topological polar surface area (TPSA) is 12.5 Å². The summed E-state index contributed by atoms with van der Waals surface area (Å²) in [5.74, 6) is 0. The molecule has 2 aromatic carbocycles. The molecular formula is C18H19NO. The van der Waals surface area contributed by atoms with Crippen LogP contribution in [0.15, 0.2) is 48.5 Å². The molecule has 0 saturated heterocycles. The number of ether oxygens (including phenoxy) is 1. The van der Waals surface area contributed by atoms with Gasteiger partial charge in [0.25, 0.3) is 0 Å². The van der Waals surface area contributed by atoms with E-state index in [0.717, 1.165) is 12.8 Å². The number of likely N-dealkylation sites (N-methyl/N-ethyl adjacent to an activating group) is 1. The SMILES string of the molecule is COC12c3ccccc3CC(Cc3ccccc31)N2C. The van der Waals surface area contributed by atoms with Crippen LogP contribution in [0.2, 0.25) is 0 Å². The Balaban J connectivity index is 2.07. The molecule has 2 aromatic rings. The molecule has 2 heterocycles. The first-order chi connectivity index (χ1) is 9.77. The first-order valence-electron chi connectivity index (χ1n) is 7.22. The number of rotatable bonds is 1. The van der Waals surface area contributed by atoms with Crippen LogP contribution in [0, 0.1) is 0 Å². The van der Waals surface area contributed by atoms with E-state index >= 15 is 0 Å². The fourth-order valence-corrected chi connectivity index (χ4v) is 4.06. The second kappa shape index (κ2) is 4.18. The van der Waals surface area contributed by atoms with Crippen LogP contribution in [-0.2, 0) is 23.3 Å². The van der Waals surface area contributed by atoms with Crippen molar-refractivity contribution in [3.05, 3.63) is 70.8 Å². The molecule has 0 atom stereocenters. The summed E-state index contributed by atoms with van der Waals surface area (Å²) in [6.45, 7) is 0. The molecule has 0 amide bonds. The van der Waals surface area contributed by atoms with Crippen molar-refractivity contribution in [2.45, 2.75) is 24.6 Å². The van der Waals surface area contributed by atoms with E-state index in [4.69, 9.17) is 4.74 Å². The van der Waals surface area contributed by atoms with Crippen LogP contribution in [0.3, 0.4) is 0 Å². The Hall–Kier alpha value is -1.64. The third kappa shape index (κ3) is 1.36. The largest absolute Gasteiger partial charge is 0.355 e. The molecule has 0 unspecified atom stereocenters. The van der Waals surface area contributed by atoms with Crippen LogP contribution >= 0.6 is 0 Å². The van der Waals surface area contributed by atoms with E-state index in [0.29, 0.717) is 6.04 Å². The van der Waals surface area contributed by atoms with Crippen molar-refractivity contribution in [3.8, 4) is 0 Å². The lowest BCUT2D eigenvalue weighted by Crippen LogP contribution is -2.59. The zero-order chi connectivity index (χ0) is 13.7. The van der Waals surface area contributed by atoms with E-state index < -0.39 is 5.72 Å². The second-order valence-corrected chi connectivity index (χ2v) is 5.84. The summed E-state index contributed by atoms with van der Waals surface area (Å²) in [7, 11) is 4.03. The Bertz CT molecular complexity index is 614. The lowest BCUT2D eigenvalue weighted by molar-refractivity contribution is -0.134. The minimum atomic E-state index is -0.422. The molecule has 0 aromatic heterocycles. The Morgan fingerprint density at radius 3 is 1.95 bits per heavy atom. The molecule has 20 heavy (non-hydrogen) atoms. The van der Waals surface area contributed by atoms with Crippen molar-refractivity contribution in [1.29, 1.82) is 0 Å².